The van der Waals surface area contributed by atoms with Crippen molar-refractivity contribution in [3.63, 3.8) is 0 Å². The predicted molar refractivity (Wildman–Crippen MR) is 94.6 cm³/mol. The van der Waals surface area contributed by atoms with Gasteiger partial charge < -0.3 is 10.2 Å². The Balaban J connectivity index is 1.90. The third-order valence-corrected chi connectivity index (χ3v) is 5.33. The zero-order valence-electron chi connectivity index (χ0n) is 13.5. The average molecular weight is 327 g/mol. The molecule has 3 nitrogen and oxygen atoms in total. The summed E-state index contributed by atoms with van der Waals surface area (Å²) in [5, 5.41) is 4.15. The van der Waals surface area contributed by atoms with E-state index >= 15 is 0 Å². The largest absolute Gasteiger partial charge is 0.335 e. The van der Waals surface area contributed by atoms with Gasteiger partial charge in [-0.3, -0.25) is 4.79 Å². The van der Waals surface area contributed by atoms with Gasteiger partial charge in [0, 0.05) is 11.4 Å². The smallest absolute Gasteiger partial charge is 0.278 e. The summed E-state index contributed by atoms with van der Waals surface area (Å²) in [6.07, 6.45) is 2.79. The van der Waals surface area contributed by atoms with Gasteiger partial charge in [0.05, 0.1) is 12.6 Å². The predicted octanol–water partition coefficient (Wildman–Crippen LogP) is 2.28. The normalized spacial score (nSPS) is 16.9. The Kier molecular flexibility index (Phi) is 4.94. The maximum atomic E-state index is 12.7. The monoisotopic (exact) mass is 327 g/mol. The van der Waals surface area contributed by atoms with Crippen LogP contribution in [0.15, 0.2) is 48.4 Å². The Morgan fingerprint density at radius 2 is 2.17 bits per heavy atom. The molecule has 1 aromatic carbocycles. The maximum Gasteiger partial charge on any atom is 0.278 e. The maximum absolute atomic E-state index is 12.7. The van der Waals surface area contributed by atoms with Crippen molar-refractivity contribution in [2.24, 2.45) is 0 Å². The van der Waals surface area contributed by atoms with Crippen LogP contribution in [0.3, 0.4) is 0 Å². The molecule has 2 N–H and O–H groups in total. The molecule has 0 bridgehead atoms. The van der Waals surface area contributed by atoms with E-state index < -0.39 is 0 Å². The second kappa shape index (κ2) is 7.11. The van der Waals surface area contributed by atoms with Crippen LogP contribution in [-0.2, 0) is 11.2 Å². The summed E-state index contributed by atoms with van der Waals surface area (Å²) in [4.78, 5) is 16.2. The Hall–Kier alpha value is -1.91. The van der Waals surface area contributed by atoms with E-state index in [-0.39, 0.29) is 11.9 Å². The van der Waals surface area contributed by atoms with Crippen LogP contribution in [0.2, 0.25) is 0 Å². The first kappa shape index (κ1) is 16.0. The van der Waals surface area contributed by atoms with Gasteiger partial charge in [-0.2, -0.15) is 0 Å². The van der Waals surface area contributed by atoms with Crippen molar-refractivity contribution in [3.05, 3.63) is 69.9 Å². The van der Waals surface area contributed by atoms with Crippen LogP contribution in [0.25, 0.3) is 0 Å². The summed E-state index contributed by atoms with van der Waals surface area (Å²) < 4.78 is 0. The van der Waals surface area contributed by atoms with Gasteiger partial charge in [0.2, 0.25) is 0 Å². The number of amides is 1. The molecule has 0 aliphatic carbocycles. The number of carbonyl (C=O) groups is 1. The molecule has 23 heavy (non-hydrogen) atoms. The molecule has 0 saturated heterocycles. The summed E-state index contributed by atoms with van der Waals surface area (Å²) in [7, 11) is 0. The van der Waals surface area contributed by atoms with Gasteiger partial charge in [0.15, 0.2) is 6.54 Å². The summed E-state index contributed by atoms with van der Waals surface area (Å²) in [5.41, 5.74) is 3.74. The first-order valence-corrected chi connectivity index (χ1v) is 8.93. The average Bonchev–Trinajstić information content (AvgIpc) is 3.03. The summed E-state index contributed by atoms with van der Waals surface area (Å²) >= 11 is 1.80. The van der Waals surface area contributed by atoms with E-state index in [0.29, 0.717) is 6.54 Å². The van der Waals surface area contributed by atoms with E-state index in [4.69, 9.17) is 0 Å². The highest BCUT2D eigenvalue weighted by atomic mass is 32.1. The van der Waals surface area contributed by atoms with E-state index in [1.807, 2.05) is 16.3 Å². The van der Waals surface area contributed by atoms with E-state index in [0.717, 1.165) is 19.5 Å². The summed E-state index contributed by atoms with van der Waals surface area (Å²) in [6, 6.07) is 10.8. The van der Waals surface area contributed by atoms with Crippen LogP contribution in [0.4, 0.5) is 0 Å². The number of thiophene rings is 1. The number of benzene rings is 1. The summed E-state index contributed by atoms with van der Waals surface area (Å²) in [5.74, 6) is 0.203. The molecule has 2 heterocycles. The van der Waals surface area contributed by atoms with Crippen LogP contribution in [-0.4, -0.2) is 30.4 Å². The molecular formula is C19H23N2OS+. The molecule has 1 amide bonds. The number of quaternary nitrogens is 1. The Morgan fingerprint density at radius 3 is 2.91 bits per heavy atom. The number of aryl methyl sites for hydroxylation is 1. The van der Waals surface area contributed by atoms with Crippen LogP contribution in [0, 0.1) is 6.92 Å². The lowest BCUT2D eigenvalue weighted by Gasteiger charge is -2.36. The lowest BCUT2D eigenvalue weighted by molar-refractivity contribution is -0.635. The second-order valence-electron chi connectivity index (χ2n) is 5.97. The molecule has 0 radical (unpaired) electrons. The third kappa shape index (κ3) is 3.38. The van der Waals surface area contributed by atoms with Crippen LogP contribution in [0.5, 0.6) is 0 Å². The molecule has 1 atom stereocenters. The Morgan fingerprint density at radius 1 is 1.39 bits per heavy atom. The topological polar surface area (TPSA) is 36.9 Å². The first-order chi connectivity index (χ1) is 11.2. The Labute approximate surface area is 141 Å². The number of nitrogens with two attached hydrogens (primary N) is 1. The number of hydrogen-bond acceptors (Lipinski definition) is 2. The van der Waals surface area contributed by atoms with E-state index in [2.05, 4.69) is 49.2 Å². The number of carbonyl (C=O) groups excluding carboxylic acids is 1. The fraction of sp³-hybridized carbons (Fsp3) is 0.316. The van der Waals surface area contributed by atoms with Crippen molar-refractivity contribution in [3.8, 4) is 0 Å². The van der Waals surface area contributed by atoms with Gasteiger partial charge in [-0.1, -0.05) is 36.4 Å². The van der Waals surface area contributed by atoms with Gasteiger partial charge in [0.1, 0.15) is 0 Å². The number of nitrogens with zero attached hydrogens (tertiary/aromatic N) is 1. The molecule has 2 aromatic rings. The Bertz CT molecular complexity index is 690. The standard InChI is InChI=1S/C19H22N2OS/c1-3-10-20-13-18(22)21-11-8-17-16(9-12-23-17)19(21)15-6-4-14(2)5-7-15/h3-7,9,12,19-20H,1,8,10-11,13H2,2H3/p+1/t19-/m1/s1. The van der Waals surface area contributed by atoms with E-state index in [9.17, 15) is 4.79 Å². The first-order valence-electron chi connectivity index (χ1n) is 8.05. The zero-order chi connectivity index (χ0) is 16.2. The van der Waals surface area contributed by atoms with E-state index in [1.54, 1.807) is 11.3 Å². The number of fused-ring (bicyclic) bond motifs is 1. The van der Waals surface area contributed by atoms with Crippen molar-refractivity contribution in [2.45, 2.75) is 19.4 Å². The van der Waals surface area contributed by atoms with Crippen molar-refractivity contribution < 1.29 is 10.1 Å². The van der Waals surface area contributed by atoms with Crippen molar-refractivity contribution >= 4 is 17.2 Å². The van der Waals surface area contributed by atoms with Crippen molar-refractivity contribution in [1.82, 2.24) is 4.90 Å². The summed E-state index contributed by atoms with van der Waals surface area (Å²) in [6.45, 7) is 7.85. The quantitative estimate of drug-likeness (QED) is 0.664. The van der Waals surface area contributed by atoms with Crippen LogP contribution < -0.4 is 5.32 Å². The minimum Gasteiger partial charge on any atom is -0.335 e. The van der Waals surface area contributed by atoms with Gasteiger partial charge in [-0.15, -0.1) is 11.3 Å². The lowest BCUT2D eigenvalue weighted by atomic mass is 9.92. The zero-order valence-corrected chi connectivity index (χ0v) is 14.3. The van der Waals surface area contributed by atoms with Gasteiger partial charge in [-0.05, 0) is 42.0 Å². The molecule has 0 fully saturated rings. The molecule has 1 aromatic heterocycles. The van der Waals surface area contributed by atoms with Crippen LogP contribution in [0.1, 0.15) is 27.6 Å². The van der Waals surface area contributed by atoms with Crippen LogP contribution >= 0.6 is 11.3 Å². The number of hydrogen-bond donors (Lipinski definition) is 1. The fourth-order valence-corrected chi connectivity index (χ4v) is 4.04. The molecule has 0 unspecified atom stereocenters. The third-order valence-electron chi connectivity index (χ3n) is 4.33. The second-order valence-corrected chi connectivity index (χ2v) is 6.97. The van der Waals surface area contributed by atoms with Gasteiger partial charge >= 0.3 is 0 Å². The molecular weight excluding hydrogens is 304 g/mol. The molecule has 3 rings (SSSR count). The molecule has 1 aliphatic rings. The molecule has 0 saturated carbocycles. The molecule has 1 aliphatic heterocycles. The SMILES string of the molecule is C=CC[NH2+]CC(=O)N1CCc2sccc2[C@H]1c1ccc(C)cc1. The highest BCUT2D eigenvalue weighted by molar-refractivity contribution is 7.10. The van der Waals surface area contributed by atoms with Gasteiger partial charge in [-0.25, -0.2) is 0 Å². The molecule has 4 heteroatoms. The van der Waals surface area contributed by atoms with Crippen molar-refractivity contribution in [1.29, 1.82) is 0 Å². The van der Waals surface area contributed by atoms with E-state index in [1.165, 1.54) is 21.6 Å². The molecule has 0 spiro atoms. The lowest BCUT2D eigenvalue weighted by Crippen LogP contribution is -2.86. The van der Waals surface area contributed by atoms with Crippen molar-refractivity contribution in [2.75, 3.05) is 19.6 Å². The minimum atomic E-state index is 0.0511. The highest BCUT2D eigenvalue weighted by Crippen LogP contribution is 2.37. The highest BCUT2D eigenvalue weighted by Gasteiger charge is 2.33. The number of rotatable bonds is 5. The van der Waals surface area contributed by atoms with Gasteiger partial charge in [0.25, 0.3) is 5.91 Å². The fourth-order valence-electron chi connectivity index (χ4n) is 3.14. The molecule has 120 valence electrons. The minimum absolute atomic E-state index is 0.0511.